The van der Waals surface area contributed by atoms with Gasteiger partial charge in [-0.1, -0.05) is 0 Å². The van der Waals surface area contributed by atoms with Crippen LogP contribution in [-0.2, 0) is 19.1 Å². The van der Waals surface area contributed by atoms with Crippen LogP contribution in [0.2, 0.25) is 0 Å². The molecular formula is C12H14BrN2O6+. The fourth-order valence-electron chi connectivity index (χ4n) is 1.59. The minimum Gasteiger partial charge on any atom is -0.465 e. The average molecular weight is 362 g/mol. The number of aromatic nitrogens is 1. The third-order valence-corrected chi connectivity index (χ3v) is 2.82. The van der Waals surface area contributed by atoms with Gasteiger partial charge < -0.3 is 9.47 Å². The monoisotopic (exact) mass is 361 g/mol. The van der Waals surface area contributed by atoms with Gasteiger partial charge in [0.2, 0.25) is 5.92 Å². The van der Waals surface area contributed by atoms with Gasteiger partial charge in [-0.25, -0.2) is 5.21 Å². The normalized spacial score (nSPS) is 10.3. The van der Waals surface area contributed by atoms with Crippen molar-refractivity contribution in [1.29, 1.82) is 0 Å². The predicted octanol–water partition coefficient (Wildman–Crippen LogP) is 1.85. The van der Waals surface area contributed by atoms with Gasteiger partial charge in [0, 0.05) is 16.7 Å². The maximum Gasteiger partial charge on any atom is 0.340 e. The molecule has 1 N–H and O–H groups in total. The molecule has 0 spiro atoms. The van der Waals surface area contributed by atoms with Crippen LogP contribution in [0.25, 0.3) is 0 Å². The van der Waals surface area contributed by atoms with Gasteiger partial charge in [-0.05, 0) is 29.8 Å². The van der Waals surface area contributed by atoms with Crippen LogP contribution < -0.4 is 0 Å². The summed E-state index contributed by atoms with van der Waals surface area (Å²) in [5.74, 6) is -3.36. The summed E-state index contributed by atoms with van der Waals surface area (Å²) in [6, 6.07) is 1.22. The molecule has 0 amide bonds. The second kappa shape index (κ2) is 7.67. The fraction of sp³-hybridized carbons (Fsp3) is 0.417. The van der Waals surface area contributed by atoms with Crippen molar-refractivity contribution in [2.45, 2.75) is 19.8 Å². The van der Waals surface area contributed by atoms with Crippen molar-refractivity contribution in [2.75, 3.05) is 13.2 Å². The molecule has 0 aromatic carbocycles. The predicted molar refractivity (Wildman–Crippen MR) is 73.0 cm³/mol. The molecule has 1 rings (SSSR count). The van der Waals surface area contributed by atoms with Gasteiger partial charge in [-0.3, -0.25) is 14.6 Å². The first-order valence-corrected chi connectivity index (χ1v) is 6.86. The quantitative estimate of drug-likeness (QED) is 0.468. The Morgan fingerprint density at radius 3 is 2.29 bits per heavy atom. The van der Waals surface area contributed by atoms with Crippen molar-refractivity contribution in [1.82, 2.24) is 4.98 Å². The summed E-state index contributed by atoms with van der Waals surface area (Å²) in [6.07, 6.45) is 1.29. The van der Waals surface area contributed by atoms with E-state index in [0.717, 1.165) is 0 Å². The van der Waals surface area contributed by atoms with E-state index in [1.54, 1.807) is 13.8 Å². The molecule has 0 atom stereocenters. The number of carbonyl (C=O) groups is 2. The summed E-state index contributed by atoms with van der Waals surface area (Å²) >= 11 is 3.08. The second-order valence-electron chi connectivity index (χ2n) is 3.77. The zero-order valence-corrected chi connectivity index (χ0v) is 13.0. The van der Waals surface area contributed by atoms with Crippen molar-refractivity contribution < 1.29 is 29.2 Å². The zero-order chi connectivity index (χ0) is 16.0. The Hall–Kier alpha value is -2.03. The molecule has 1 aromatic rings. The highest BCUT2D eigenvalue weighted by molar-refractivity contribution is 9.10. The van der Waals surface area contributed by atoms with Gasteiger partial charge in [-0.2, -0.15) is 0 Å². The molecule has 1 heterocycles. The second-order valence-corrected chi connectivity index (χ2v) is 4.68. The lowest BCUT2D eigenvalue weighted by atomic mass is 10.0. The summed E-state index contributed by atoms with van der Waals surface area (Å²) < 4.78 is 9.99. The number of halogens is 1. The smallest absolute Gasteiger partial charge is 0.340 e. The molecule has 1 aromatic heterocycles. The molecule has 8 nitrogen and oxygen atoms in total. The summed E-state index contributed by atoms with van der Waals surface area (Å²) in [5, 5.41) is 9.11. The molecular weight excluding hydrogens is 348 g/mol. The van der Waals surface area contributed by atoms with Gasteiger partial charge in [-0.15, -0.1) is 0 Å². The van der Waals surface area contributed by atoms with Crippen LogP contribution in [0.5, 0.6) is 0 Å². The lowest BCUT2D eigenvalue weighted by molar-refractivity contribution is -0.730. The highest BCUT2D eigenvalue weighted by Gasteiger charge is 2.39. The van der Waals surface area contributed by atoms with Crippen LogP contribution in [0.3, 0.4) is 0 Å². The van der Waals surface area contributed by atoms with Crippen molar-refractivity contribution in [3.63, 3.8) is 0 Å². The Bertz CT molecular complexity index is 545. The van der Waals surface area contributed by atoms with Gasteiger partial charge in [0.25, 0.3) is 4.92 Å². The van der Waals surface area contributed by atoms with Crippen molar-refractivity contribution in [3.05, 3.63) is 27.3 Å². The van der Waals surface area contributed by atoms with E-state index in [0.29, 0.717) is 4.47 Å². The average Bonchev–Trinajstić information content (AvgIpc) is 2.41. The van der Waals surface area contributed by atoms with Gasteiger partial charge in [0.15, 0.2) is 0 Å². The molecule has 9 heteroatoms. The first kappa shape index (κ1) is 17.0. The highest BCUT2D eigenvalue weighted by Crippen LogP contribution is 2.29. The lowest BCUT2D eigenvalue weighted by Crippen LogP contribution is -2.27. The first-order valence-electron chi connectivity index (χ1n) is 6.07. The SMILES string of the molecule is CCOC(=O)C(C(=O)OCC)c1ncc(Br)cc1[N+](=O)O. The van der Waals surface area contributed by atoms with E-state index in [1.807, 2.05) is 0 Å². The number of nitrogens with zero attached hydrogens (tertiary/aromatic N) is 2. The number of hydrogen-bond acceptors (Lipinski definition) is 6. The number of rotatable bonds is 6. The lowest BCUT2D eigenvalue weighted by Gasteiger charge is -2.13. The minimum atomic E-state index is -1.54. The van der Waals surface area contributed by atoms with E-state index >= 15 is 0 Å². The van der Waals surface area contributed by atoms with E-state index in [-0.39, 0.29) is 24.6 Å². The summed E-state index contributed by atoms with van der Waals surface area (Å²) in [4.78, 5) is 38.5. The van der Waals surface area contributed by atoms with Crippen LogP contribution in [0.1, 0.15) is 25.5 Å². The molecule has 0 radical (unpaired) electrons. The Labute approximate surface area is 128 Å². The Balaban J connectivity index is 3.35. The minimum absolute atomic E-state index is 0.0425. The first-order chi connectivity index (χ1) is 9.92. The number of pyridine rings is 1. The van der Waals surface area contributed by atoms with E-state index in [9.17, 15) is 14.5 Å². The molecule has 0 bridgehead atoms. The van der Waals surface area contributed by atoms with E-state index in [1.165, 1.54) is 12.3 Å². The topological polar surface area (TPSA) is 106 Å². The third kappa shape index (κ3) is 4.22. The van der Waals surface area contributed by atoms with Gasteiger partial charge in [0.05, 0.1) is 18.1 Å². The molecule has 21 heavy (non-hydrogen) atoms. The van der Waals surface area contributed by atoms with Crippen molar-refractivity contribution in [2.24, 2.45) is 0 Å². The van der Waals surface area contributed by atoms with E-state index in [2.05, 4.69) is 20.9 Å². The van der Waals surface area contributed by atoms with Crippen molar-refractivity contribution >= 4 is 33.6 Å². The van der Waals surface area contributed by atoms with Crippen LogP contribution in [0.15, 0.2) is 16.7 Å². The van der Waals surface area contributed by atoms with Crippen molar-refractivity contribution in [3.8, 4) is 0 Å². The van der Waals surface area contributed by atoms with E-state index < -0.39 is 22.8 Å². The number of hydrogen-bond donors (Lipinski definition) is 1. The van der Waals surface area contributed by atoms with Gasteiger partial charge >= 0.3 is 17.6 Å². The Morgan fingerprint density at radius 2 is 1.86 bits per heavy atom. The van der Waals surface area contributed by atoms with Crippen LogP contribution >= 0.6 is 15.9 Å². The molecule has 0 unspecified atom stereocenters. The Morgan fingerprint density at radius 1 is 1.33 bits per heavy atom. The van der Waals surface area contributed by atoms with Crippen LogP contribution in [-0.4, -0.2) is 40.3 Å². The Kier molecular flexibility index (Phi) is 6.22. The van der Waals surface area contributed by atoms with Crippen LogP contribution in [0.4, 0.5) is 5.69 Å². The third-order valence-electron chi connectivity index (χ3n) is 2.39. The number of ether oxygens (including phenoxy) is 2. The van der Waals surface area contributed by atoms with E-state index in [4.69, 9.17) is 14.7 Å². The van der Waals surface area contributed by atoms with Crippen LogP contribution in [0, 0.1) is 4.91 Å². The molecule has 0 saturated carbocycles. The largest absolute Gasteiger partial charge is 0.465 e. The standard InChI is InChI=1S/C12H14BrN2O6/c1-3-20-11(16)9(12(17)21-4-2)10-8(15(18)19)5-7(13)6-14-10/h5-6,9H,3-4H2,1-2H3,(H,18,19)/q+1. The molecule has 0 saturated heterocycles. The summed E-state index contributed by atoms with van der Waals surface area (Å²) in [5.41, 5.74) is -0.594. The molecule has 114 valence electrons. The maximum absolute atomic E-state index is 11.9. The summed E-state index contributed by atoms with van der Waals surface area (Å²) in [6.45, 7) is 3.23. The number of esters is 2. The molecule has 0 fully saturated rings. The maximum atomic E-state index is 11.9. The highest BCUT2D eigenvalue weighted by atomic mass is 79.9. The van der Waals surface area contributed by atoms with Gasteiger partial charge in [0.1, 0.15) is 5.69 Å². The molecule has 0 aliphatic heterocycles. The molecule has 0 aliphatic carbocycles. The fourth-order valence-corrected chi connectivity index (χ4v) is 1.90. The zero-order valence-electron chi connectivity index (χ0n) is 11.4. The molecule has 0 aliphatic rings. The number of carbonyl (C=O) groups excluding carboxylic acids is 2. The summed E-state index contributed by atoms with van der Waals surface area (Å²) in [7, 11) is 0.